The molecule has 1 aliphatic heterocycles. The van der Waals surface area contributed by atoms with Gasteiger partial charge in [-0.25, -0.2) is 0 Å². The standard InChI is InChI=1S/C18H14BrClN2O2S/c1-22-17(23)15(21-18(22)25)9-12-8-13(19)4-7-16(12)24-10-11-2-5-14(20)6-3-11/h2-9H,10H2,1H3,(H,21,25)/b15-9-. The summed E-state index contributed by atoms with van der Waals surface area (Å²) < 4.78 is 6.81. The van der Waals surface area contributed by atoms with Crippen molar-refractivity contribution < 1.29 is 9.53 Å². The van der Waals surface area contributed by atoms with Crippen molar-refractivity contribution in [1.29, 1.82) is 0 Å². The number of halogens is 2. The zero-order chi connectivity index (χ0) is 18.0. The molecule has 0 spiro atoms. The van der Waals surface area contributed by atoms with Crippen molar-refractivity contribution in [2.24, 2.45) is 0 Å². The van der Waals surface area contributed by atoms with Crippen molar-refractivity contribution in [1.82, 2.24) is 10.2 Å². The Morgan fingerprint density at radius 1 is 1.28 bits per heavy atom. The van der Waals surface area contributed by atoms with Crippen LogP contribution in [0.15, 0.2) is 52.6 Å². The SMILES string of the molecule is CN1C(=O)/C(=C/c2cc(Br)ccc2OCc2ccc(Cl)cc2)NC1=S. The maximum atomic E-state index is 12.2. The Hall–Kier alpha value is -1.89. The van der Waals surface area contributed by atoms with Crippen LogP contribution in [0.2, 0.25) is 5.02 Å². The number of rotatable bonds is 4. The highest BCUT2D eigenvalue weighted by Gasteiger charge is 2.27. The van der Waals surface area contributed by atoms with Crippen molar-refractivity contribution in [3.8, 4) is 5.75 Å². The Labute approximate surface area is 164 Å². The molecule has 2 aromatic rings. The third-order valence-electron chi connectivity index (χ3n) is 3.66. The van der Waals surface area contributed by atoms with Gasteiger partial charge in [-0.05, 0) is 54.2 Å². The van der Waals surface area contributed by atoms with Crippen LogP contribution in [0.5, 0.6) is 5.75 Å². The van der Waals surface area contributed by atoms with Gasteiger partial charge in [-0.2, -0.15) is 0 Å². The van der Waals surface area contributed by atoms with Gasteiger partial charge < -0.3 is 10.1 Å². The van der Waals surface area contributed by atoms with E-state index in [2.05, 4.69) is 21.2 Å². The summed E-state index contributed by atoms with van der Waals surface area (Å²) in [5.41, 5.74) is 2.20. The molecular weight excluding hydrogens is 424 g/mol. The molecule has 1 N–H and O–H groups in total. The lowest BCUT2D eigenvalue weighted by molar-refractivity contribution is -0.121. The lowest BCUT2D eigenvalue weighted by Crippen LogP contribution is -2.25. The van der Waals surface area contributed by atoms with Gasteiger partial charge in [0.05, 0.1) is 0 Å². The van der Waals surface area contributed by atoms with Gasteiger partial charge in [-0.3, -0.25) is 9.69 Å². The molecular formula is C18H14BrClN2O2S. The molecule has 7 heteroatoms. The third-order valence-corrected chi connectivity index (χ3v) is 4.78. The summed E-state index contributed by atoms with van der Waals surface area (Å²) in [5, 5.41) is 3.98. The highest BCUT2D eigenvalue weighted by molar-refractivity contribution is 9.10. The number of hydrogen-bond acceptors (Lipinski definition) is 3. The average Bonchev–Trinajstić information content (AvgIpc) is 2.83. The Balaban J connectivity index is 1.84. The Morgan fingerprint density at radius 3 is 2.64 bits per heavy atom. The van der Waals surface area contributed by atoms with Gasteiger partial charge in [0, 0.05) is 22.1 Å². The van der Waals surface area contributed by atoms with Crippen molar-refractivity contribution in [3.63, 3.8) is 0 Å². The molecule has 3 rings (SSSR count). The molecule has 1 saturated heterocycles. The van der Waals surface area contributed by atoms with E-state index in [0.29, 0.717) is 28.2 Å². The summed E-state index contributed by atoms with van der Waals surface area (Å²) in [4.78, 5) is 13.6. The van der Waals surface area contributed by atoms with Crippen LogP contribution in [0.25, 0.3) is 6.08 Å². The molecule has 25 heavy (non-hydrogen) atoms. The molecule has 1 amide bonds. The average molecular weight is 438 g/mol. The highest BCUT2D eigenvalue weighted by Crippen LogP contribution is 2.27. The summed E-state index contributed by atoms with van der Waals surface area (Å²) in [6.07, 6.45) is 1.74. The maximum Gasteiger partial charge on any atom is 0.276 e. The molecule has 128 valence electrons. The molecule has 0 aromatic heterocycles. The normalized spacial score (nSPS) is 15.6. The number of thiocarbonyl (C=S) groups is 1. The smallest absolute Gasteiger partial charge is 0.276 e. The fraction of sp³-hybridized carbons (Fsp3) is 0.111. The quantitative estimate of drug-likeness (QED) is 0.570. The molecule has 0 atom stereocenters. The van der Waals surface area contributed by atoms with E-state index in [0.717, 1.165) is 15.6 Å². The van der Waals surface area contributed by atoms with Crippen LogP contribution in [-0.4, -0.2) is 23.0 Å². The number of amides is 1. The van der Waals surface area contributed by atoms with Gasteiger partial charge in [0.2, 0.25) is 0 Å². The van der Waals surface area contributed by atoms with Crippen LogP contribution in [0, 0.1) is 0 Å². The molecule has 0 unspecified atom stereocenters. The van der Waals surface area contributed by atoms with Crippen molar-refractivity contribution in [3.05, 3.63) is 68.8 Å². The summed E-state index contributed by atoms with van der Waals surface area (Å²) in [6.45, 7) is 0.397. The third kappa shape index (κ3) is 4.21. The second kappa shape index (κ2) is 7.56. The first-order valence-corrected chi connectivity index (χ1v) is 8.99. The van der Waals surface area contributed by atoms with Crippen LogP contribution >= 0.6 is 39.7 Å². The van der Waals surface area contributed by atoms with Gasteiger partial charge in [0.15, 0.2) is 5.11 Å². The van der Waals surface area contributed by atoms with Crippen molar-refractivity contribution in [2.45, 2.75) is 6.61 Å². The number of likely N-dealkylation sites (N-methyl/N-ethyl adjacent to an activating group) is 1. The van der Waals surface area contributed by atoms with Gasteiger partial charge in [-0.1, -0.05) is 39.7 Å². The first-order chi connectivity index (χ1) is 11.9. The number of carbonyl (C=O) groups is 1. The van der Waals surface area contributed by atoms with Crippen LogP contribution < -0.4 is 10.1 Å². The van der Waals surface area contributed by atoms with E-state index in [-0.39, 0.29) is 5.91 Å². The number of ether oxygens (including phenoxy) is 1. The zero-order valence-corrected chi connectivity index (χ0v) is 16.4. The lowest BCUT2D eigenvalue weighted by atomic mass is 10.1. The first-order valence-electron chi connectivity index (χ1n) is 7.41. The predicted molar refractivity (Wildman–Crippen MR) is 106 cm³/mol. The lowest BCUT2D eigenvalue weighted by Gasteiger charge is -2.10. The summed E-state index contributed by atoms with van der Waals surface area (Å²) >= 11 is 14.4. The minimum absolute atomic E-state index is 0.173. The highest BCUT2D eigenvalue weighted by atomic mass is 79.9. The monoisotopic (exact) mass is 436 g/mol. The topological polar surface area (TPSA) is 41.6 Å². The van der Waals surface area contributed by atoms with Gasteiger partial charge in [0.1, 0.15) is 18.1 Å². The number of benzene rings is 2. The van der Waals surface area contributed by atoms with E-state index in [1.54, 1.807) is 13.1 Å². The van der Waals surface area contributed by atoms with E-state index < -0.39 is 0 Å². The van der Waals surface area contributed by atoms with Crippen LogP contribution in [0.4, 0.5) is 0 Å². The van der Waals surface area contributed by atoms with Crippen LogP contribution in [-0.2, 0) is 11.4 Å². The molecule has 1 fully saturated rings. The summed E-state index contributed by atoms with van der Waals surface area (Å²) in [5.74, 6) is 0.495. The van der Waals surface area contributed by atoms with E-state index in [1.165, 1.54) is 4.90 Å². The van der Waals surface area contributed by atoms with Crippen LogP contribution in [0.3, 0.4) is 0 Å². The Morgan fingerprint density at radius 2 is 2.00 bits per heavy atom. The molecule has 1 aliphatic rings. The number of nitrogens with zero attached hydrogens (tertiary/aromatic N) is 1. The maximum absolute atomic E-state index is 12.2. The second-order valence-electron chi connectivity index (χ2n) is 5.45. The molecule has 0 bridgehead atoms. The van der Waals surface area contributed by atoms with E-state index in [9.17, 15) is 4.79 Å². The fourth-order valence-corrected chi connectivity index (χ4v) is 2.98. The van der Waals surface area contributed by atoms with E-state index in [1.807, 2.05) is 42.5 Å². The van der Waals surface area contributed by atoms with E-state index >= 15 is 0 Å². The predicted octanol–water partition coefficient (Wildman–Crippen LogP) is 4.37. The van der Waals surface area contributed by atoms with Gasteiger partial charge in [-0.15, -0.1) is 0 Å². The largest absolute Gasteiger partial charge is 0.488 e. The van der Waals surface area contributed by atoms with E-state index in [4.69, 9.17) is 28.6 Å². The van der Waals surface area contributed by atoms with Crippen LogP contribution in [0.1, 0.15) is 11.1 Å². The Bertz CT molecular complexity index is 868. The summed E-state index contributed by atoms with van der Waals surface area (Å²) in [6, 6.07) is 13.1. The fourth-order valence-electron chi connectivity index (χ4n) is 2.28. The molecule has 4 nitrogen and oxygen atoms in total. The molecule has 0 saturated carbocycles. The minimum atomic E-state index is -0.173. The second-order valence-corrected chi connectivity index (χ2v) is 7.19. The molecule has 2 aromatic carbocycles. The van der Waals surface area contributed by atoms with Gasteiger partial charge >= 0.3 is 0 Å². The molecule has 0 radical (unpaired) electrons. The Kier molecular flexibility index (Phi) is 5.42. The summed E-state index contributed by atoms with van der Waals surface area (Å²) in [7, 11) is 1.64. The van der Waals surface area contributed by atoms with Crippen molar-refractivity contribution >= 4 is 56.8 Å². The first kappa shape index (κ1) is 17.9. The molecule has 1 heterocycles. The number of hydrogen-bond donors (Lipinski definition) is 1. The zero-order valence-electron chi connectivity index (χ0n) is 13.3. The van der Waals surface area contributed by atoms with Crippen molar-refractivity contribution in [2.75, 3.05) is 7.05 Å². The number of nitrogens with one attached hydrogen (secondary N) is 1. The van der Waals surface area contributed by atoms with Gasteiger partial charge in [0.25, 0.3) is 5.91 Å². The number of carbonyl (C=O) groups excluding carboxylic acids is 1. The molecule has 0 aliphatic carbocycles. The minimum Gasteiger partial charge on any atom is -0.488 e.